The van der Waals surface area contributed by atoms with Crippen LogP contribution >= 0.6 is 15.9 Å². The molecule has 3 rings (SSSR count). The van der Waals surface area contributed by atoms with Crippen LogP contribution in [-0.2, 0) is 4.79 Å². The lowest BCUT2D eigenvalue weighted by Crippen LogP contribution is -2.17. The molecule has 0 aliphatic rings. The summed E-state index contributed by atoms with van der Waals surface area (Å²) in [6.07, 6.45) is 4.34. The summed E-state index contributed by atoms with van der Waals surface area (Å²) in [6, 6.07) is 19.5. The molecule has 150 valence electrons. The van der Waals surface area contributed by atoms with Crippen molar-refractivity contribution in [1.29, 1.82) is 0 Å². The minimum atomic E-state index is -0.550. The van der Waals surface area contributed by atoms with Gasteiger partial charge in [0.15, 0.2) is 0 Å². The summed E-state index contributed by atoms with van der Waals surface area (Å²) in [5, 5.41) is 3.89. The third kappa shape index (κ3) is 6.22. The summed E-state index contributed by atoms with van der Waals surface area (Å²) in [4.78, 5) is 24.2. The Bertz CT molecular complexity index is 1100. The fourth-order valence-electron chi connectivity index (χ4n) is 2.41. The highest BCUT2D eigenvalue weighted by Gasteiger charge is 2.08. The molecule has 0 bridgehead atoms. The number of hydrogen-bond donors (Lipinski definition) is 1. The number of rotatable bonds is 6. The molecule has 0 saturated carbocycles. The zero-order valence-electron chi connectivity index (χ0n) is 15.6. The predicted octanol–water partition coefficient (Wildman–Crippen LogP) is 4.97. The highest BCUT2D eigenvalue weighted by Crippen LogP contribution is 2.22. The third-order valence-corrected chi connectivity index (χ3v) is 4.36. The molecular formula is C23H16BrFN2O3. The van der Waals surface area contributed by atoms with Crippen molar-refractivity contribution in [3.63, 3.8) is 0 Å². The van der Waals surface area contributed by atoms with E-state index < -0.39 is 17.7 Å². The van der Waals surface area contributed by atoms with Crippen molar-refractivity contribution >= 4 is 40.1 Å². The molecule has 1 amide bonds. The number of nitrogens with one attached hydrogen (secondary N) is 1. The van der Waals surface area contributed by atoms with E-state index in [-0.39, 0.29) is 11.3 Å². The van der Waals surface area contributed by atoms with E-state index in [0.717, 1.165) is 10.0 Å². The zero-order chi connectivity index (χ0) is 21.3. The van der Waals surface area contributed by atoms with Crippen LogP contribution in [0.1, 0.15) is 21.5 Å². The van der Waals surface area contributed by atoms with Gasteiger partial charge in [0.1, 0.15) is 11.6 Å². The van der Waals surface area contributed by atoms with Gasteiger partial charge in [-0.15, -0.1) is 0 Å². The smallest absolute Gasteiger partial charge is 0.336 e. The fourth-order valence-corrected chi connectivity index (χ4v) is 2.79. The van der Waals surface area contributed by atoms with E-state index in [0.29, 0.717) is 5.56 Å². The molecule has 0 aliphatic carbocycles. The molecule has 5 nitrogen and oxygen atoms in total. The van der Waals surface area contributed by atoms with Crippen molar-refractivity contribution in [2.75, 3.05) is 0 Å². The van der Waals surface area contributed by atoms with Gasteiger partial charge in [-0.05, 0) is 54.1 Å². The third-order valence-electron chi connectivity index (χ3n) is 3.87. The molecular weight excluding hydrogens is 451 g/mol. The highest BCUT2D eigenvalue weighted by molar-refractivity contribution is 9.10. The van der Waals surface area contributed by atoms with Gasteiger partial charge in [-0.3, -0.25) is 4.79 Å². The minimum absolute atomic E-state index is 0.264. The lowest BCUT2D eigenvalue weighted by molar-refractivity contribution is -0.128. The van der Waals surface area contributed by atoms with Crippen molar-refractivity contribution in [2.24, 2.45) is 5.10 Å². The van der Waals surface area contributed by atoms with Crippen LogP contribution in [-0.4, -0.2) is 18.1 Å². The van der Waals surface area contributed by atoms with Crippen LogP contribution in [0, 0.1) is 5.82 Å². The number of hydrazone groups is 1. The van der Waals surface area contributed by atoms with Gasteiger partial charge >= 0.3 is 5.97 Å². The second-order valence-corrected chi connectivity index (χ2v) is 6.97. The lowest BCUT2D eigenvalue weighted by atomic mass is 10.2. The van der Waals surface area contributed by atoms with E-state index in [1.54, 1.807) is 24.3 Å². The summed E-state index contributed by atoms with van der Waals surface area (Å²) in [6.45, 7) is 0. The minimum Gasteiger partial charge on any atom is -0.423 e. The Labute approximate surface area is 181 Å². The van der Waals surface area contributed by atoms with Gasteiger partial charge in [0.25, 0.3) is 5.91 Å². The molecule has 0 heterocycles. The first-order valence-corrected chi connectivity index (χ1v) is 9.64. The maximum absolute atomic E-state index is 12.9. The Kier molecular flexibility index (Phi) is 7.24. The second-order valence-electron chi connectivity index (χ2n) is 6.05. The number of amides is 1. The summed E-state index contributed by atoms with van der Waals surface area (Å²) >= 11 is 3.35. The van der Waals surface area contributed by atoms with E-state index in [9.17, 15) is 14.0 Å². The standard InChI is InChI=1S/C23H16BrFN2O3/c24-19-9-12-21(30-22(28)13-6-16-4-2-1-3-5-16)18(14-19)15-26-27-23(29)17-7-10-20(25)11-8-17/h1-15H,(H,27,29). The number of carbonyl (C=O) groups excluding carboxylic acids is 2. The van der Waals surface area contributed by atoms with Gasteiger partial charge in [0, 0.05) is 21.7 Å². The average molecular weight is 467 g/mol. The molecule has 0 radical (unpaired) electrons. The van der Waals surface area contributed by atoms with Crippen LogP contribution in [0.5, 0.6) is 5.75 Å². The normalized spacial score (nSPS) is 11.0. The summed E-state index contributed by atoms with van der Waals surface area (Å²) in [5.74, 6) is -1.20. The molecule has 0 spiro atoms. The van der Waals surface area contributed by atoms with Crippen molar-refractivity contribution in [1.82, 2.24) is 5.43 Å². The Balaban J connectivity index is 1.67. The largest absolute Gasteiger partial charge is 0.423 e. The van der Waals surface area contributed by atoms with Crippen LogP contribution < -0.4 is 10.2 Å². The van der Waals surface area contributed by atoms with Crippen LogP contribution in [0.25, 0.3) is 6.08 Å². The molecule has 0 aromatic heterocycles. The first-order valence-electron chi connectivity index (χ1n) is 8.85. The lowest BCUT2D eigenvalue weighted by Gasteiger charge is -2.06. The van der Waals surface area contributed by atoms with Crippen molar-refractivity contribution in [3.8, 4) is 5.75 Å². The number of benzene rings is 3. The first kappa shape index (κ1) is 21.1. The number of carbonyl (C=O) groups is 2. The monoisotopic (exact) mass is 466 g/mol. The van der Waals surface area contributed by atoms with Gasteiger partial charge in [-0.25, -0.2) is 14.6 Å². The molecule has 0 unspecified atom stereocenters. The molecule has 0 fully saturated rings. The van der Waals surface area contributed by atoms with Crippen molar-refractivity contribution in [2.45, 2.75) is 0 Å². The Morgan fingerprint density at radius 3 is 2.47 bits per heavy atom. The molecule has 3 aromatic rings. The SMILES string of the molecule is O=C(C=Cc1ccccc1)Oc1ccc(Br)cc1C=NNC(=O)c1ccc(F)cc1. The zero-order valence-corrected chi connectivity index (χ0v) is 17.2. The van der Waals surface area contributed by atoms with E-state index >= 15 is 0 Å². The fraction of sp³-hybridized carbons (Fsp3) is 0. The molecule has 1 N–H and O–H groups in total. The van der Waals surface area contributed by atoms with Gasteiger partial charge in [-0.1, -0.05) is 46.3 Å². The van der Waals surface area contributed by atoms with E-state index in [1.165, 1.54) is 36.6 Å². The van der Waals surface area contributed by atoms with E-state index in [4.69, 9.17) is 4.74 Å². The van der Waals surface area contributed by atoms with E-state index in [2.05, 4.69) is 26.5 Å². The number of halogens is 2. The molecule has 3 aromatic carbocycles. The van der Waals surface area contributed by atoms with Gasteiger partial charge in [-0.2, -0.15) is 5.10 Å². The molecule has 30 heavy (non-hydrogen) atoms. The van der Waals surface area contributed by atoms with Gasteiger partial charge in [0.2, 0.25) is 0 Å². The maximum Gasteiger partial charge on any atom is 0.336 e. The summed E-state index contributed by atoms with van der Waals surface area (Å²) < 4.78 is 19.1. The van der Waals surface area contributed by atoms with Crippen LogP contribution in [0.15, 0.2) is 88.4 Å². The Hall–Kier alpha value is -3.58. The Morgan fingerprint density at radius 2 is 1.73 bits per heavy atom. The highest BCUT2D eigenvalue weighted by atomic mass is 79.9. The number of ether oxygens (including phenoxy) is 1. The van der Waals surface area contributed by atoms with Gasteiger partial charge in [0.05, 0.1) is 6.21 Å². The van der Waals surface area contributed by atoms with Crippen LogP contribution in [0.4, 0.5) is 4.39 Å². The Morgan fingerprint density at radius 1 is 1.00 bits per heavy atom. The topological polar surface area (TPSA) is 67.8 Å². The molecule has 0 saturated heterocycles. The van der Waals surface area contributed by atoms with E-state index in [1.807, 2.05) is 30.3 Å². The van der Waals surface area contributed by atoms with Crippen LogP contribution in [0.3, 0.4) is 0 Å². The number of esters is 1. The average Bonchev–Trinajstić information content (AvgIpc) is 2.75. The maximum atomic E-state index is 12.9. The second kappa shape index (κ2) is 10.3. The van der Waals surface area contributed by atoms with Crippen LogP contribution in [0.2, 0.25) is 0 Å². The molecule has 0 atom stereocenters. The van der Waals surface area contributed by atoms with Crippen molar-refractivity contribution < 1.29 is 18.7 Å². The van der Waals surface area contributed by atoms with Crippen molar-refractivity contribution in [3.05, 3.63) is 106 Å². The molecule has 0 aliphatic heterocycles. The predicted molar refractivity (Wildman–Crippen MR) is 117 cm³/mol. The molecule has 7 heteroatoms. The summed E-state index contributed by atoms with van der Waals surface area (Å²) in [5.41, 5.74) is 3.96. The quantitative estimate of drug-likeness (QED) is 0.183. The van der Waals surface area contributed by atoms with Gasteiger partial charge < -0.3 is 4.74 Å². The first-order chi connectivity index (χ1) is 14.5. The summed E-state index contributed by atoms with van der Waals surface area (Å²) in [7, 11) is 0. The number of nitrogens with zero attached hydrogens (tertiary/aromatic N) is 1. The number of hydrogen-bond acceptors (Lipinski definition) is 4.